The number of aryl methyl sites for hydroxylation is 1. The molecule has 318 valence electrons. The van der Waals surface area contributed by atoms with Gasteiger partial charge in [0.05, 0.1) is 28.3 Å². The Morgan fingerprint density at radius 1 is 1.00 bits per heavy atom. The fourth-order valence-corrected chi connectivity index (χ4v) is 9.76. The third-order valence-corrected chi connectivity index (χ3v) is 14.4. The predicted octanol–water partition coefficient (Wildman–Crippen LogP) is 6.82. The van der Waals surface area contributed by atoms with E-state index in [0.29, 0.717) is 54.2 Å². The number of carbonyl (C=O) groups excluding carboxylic acids is 4. The lowest BCUT2D eigenvalue weighted by Crippen LogP contribution is -2.52. The van der Waals surface area contributed by atoms with Crippen molar-refractivity contribution in [3.63, 3.8) is 0 Å². The van der Waals surface area contributed by atoms with E-state index in [1.807, 2.05) is 12.2 Å². The van der Waals surface area contributed by atoms with E-state index in [9.17, 15) is 40.8 Å². The van der Waals surface area contributed by atoms with Crippen LogP contribution >= 0.6 is 0 Å². The minimum absolute atomic E-state index is 0.00227. The highest BCUT2D eigenvalue weighted by atomic mass is 32.2. The van der Waals surface area contributed by atoms with Gasteiger partial charge < -0.3 is 24.1 Å². The van der Waals surface area contributed by atoms with Crippen molar-refractivity contribution in [3.05, 3.63) is 78.3 Å². The van der Waals surface area contributed by atoms with Crippen LogP contribution in [0, 0.1) is 18.3 Å². The fourth-order valence-electron chi connectivity index (χ4n) is 8.42. The lowest BCUT2D eigenvalue weighted by atomic mass is 9.91. The molecule has 0 bridgehead atoms. The van der Waals surface area contributed by atoms with Crippen molar-refractivity contribution in [1.82, 2.24) is 19.9 Å². The van der Waals surface area contributed by atoms with Crippen LogP contribution in [0.15, 0.2) is 71.2 Å². The van der Waals surface area contributed by atoms with E-state index in [0.717, 1.165) is 6.42 Å². The second-order valence-electron chi connectivity index (χ2n) is 16.7. The quantitative estimate of drug-likeness (QED) is 0.142. The standard InChI is InChI=1S/C43H45F3N4O9S/c1-25-14-17-36(57-25)37(52)47-33-13-7-5-3-4-6-10-26-22-42(26,40(54)49-60(55,56)41(2)18-19-41)23-35(51)34-21-28(24-50(34)39(33)53)58-38-31-20-27(59-43(44,45)46)15-16-29(31)30-11-8-9-12-32(30)48-38/h6,8-12,14-17,20,26,28,33-34H,3-5,7,13,18-19,21-24H2,1-2H3,(H,47,52)(H,49,54)/b10-6-/t26-,28-,33+,34+,42-/m1/s1. The molecular weight excluding hydrogens is 806 g/mol. The van der Waals surface area contributed by atoms with Gasteiger partial charge in [-0.25, -0.2) is 13.4 Å². The number of ketones is 1. The van der Waals surface area contributed by atoms with Gasteiger partial charge in [-0.3, -0.25) is 23.9 Å². The number of benzene rings is 2. The molecule has 2 N–H and O–H groups in total. The number of ether oxygens (including phenoxy) is 2. The van der Waals surface area contributed by atoms with Crippen molar-refractivity contribution >= 4 is 55.2 Å². The Morgan fingerprint density at radius 3 is 2.52 bits per heavy atom. The van der Waals surface area contributed by atoms with Crippen LogP contribution in [0.5, 0.6) is 11.6 Å². The third kappa shape index (κ3) is 8.32. The van der Waals surface area contributed by atoms with Crippen molar-refractivity contribution in [1.29, 1.82) is 0 Å². The molecule has 4 aromatic rings. The number of fused-ring (bicyclic) bond motifs is 5. The van der Waals surface area contributed by atoms with E-state index < -0.39 is 79.9 Å². The van der Waals surface area contributed by atoms with Crippen molar-refractivity contribution in [3.8, 4) is 11.6 Å². The summed E-state index contributed by atoms with van der Waals surface area (Å²) in [5.41, 5.74) is -0.897. The molecule has 60 heavy (non-hydrogen) atoms. The minimum Gasteiger partial charge on any atom is -0.472 e. The summed E-state index contributed by atoms with van der Waals surface area (Å²) < 4.78 is 83.9. The van der Waals surface area contributed by atoms with Gasteiger partial charge in [0.1, 0.15) is 23.7 Å². The molecule has 2 aliphatic carbocycles. The summed E-state index contributed by atoms with van der Waals surface area (Å²) in [6.07, 6.45) is 1.36. The third-order valence-electron chi connectivity index (χ3n) is 12.3. The Balaban J connectivity index is 1.14. The van der Waals surface area contributed by atoms with Crippen LogP contribution in [0.4, 0.5) is 13.2 Å². The molecule has 4 aliphatic rings. The second kappa shape index (κ2) is 15.5. The number of furan rings is 1. The number of hydrogen-bond donors (Lipinski definition) is 2. The average Bonchev–Trinajstić information content (AvgIpc) is 3.99. The van der Waals surface area contributed by atoms with Gasteiger partial charge in [-0.05, 0) is 100 Å². The molecule has 4 heterocycles. The maximum atomic E-state index is 14.7. The highest BCUT2D eigenvalue weighted by molar-refractivity contribution is 7.91. The van der Waals surface area contributed by atoms with Gasteiger partial charge in [0.25, 0.3) is 5.91 Å². The number of amides is 3. The SMILES string of the molecule is Cc1ccc(C(=O)N[C@H]2CCCCC/C=C\[C@@H]3C[C@@]3(C(=O)NS(=O)(=O)C3(C)CC3)CC(=O)[C@@H]3C[C@@H](Oc4nc5ccccc5c5ccc(OC(F)(F)F)cc45)CN3C2=O)o1. The normalized spacial score (nSPS) is 26.3. The zero-order valence-electron chi connectivity index (χ0n) is 33.0. The molecule has 2 saturated carbocycles. The van der Waals surface area contributed by atoms with Gasteiger partial charge in [-0.2, -0.15) is 0 Å². The Hall–Kier alpha value is -5.45. The molecule has 2 aromatic carbocycles. The van der Waals surface area contributed by atoms with E-state index in [-0.39, 0.29) is 49.3 Å². The highest BCUT2D eigenvalue weighted by Gasteiger charge is 2.62. The summed E-state index contributed by atoms with van der Waals surface area (Å²) in [7, 11) is -4.03. The zero-order valence-corrected chi connectivity index (χ0v) is 33.9. The van der Waals surface area contributed by atoms with Crippen molar-refractivity contribution < 1.29 is 54.7 Å². The van der Waals surface area contributed by atoms with Gasteiger partial charge >= 0.3 is 6.36 Å². The average molecular weight is 851 g/mol. The molecule has 2 aromatic heterocycles. The Kier molecular flexibility index (Phi) is 10.7. The fraction of sp³-hybridized carbons (Fsp3) is 0.465. The van der Waals surface area contributed by atoms with Crippen LogP contribution in [0.1, 0.15) is 87.4 Å². The van der Waals surface area contributed by atoms with Crippen LogP contribution in [0.25, 0.3) is 21.7 Å². The number of alkyl halides is 3. The molecular formula is C43H45F3N4O9S. The second-order valence-corrected chi connectivity index (χ2v) is 18.9. The lowest BCUT2D eigenvalue weighted by molar-refractivity contribution is -0.274. The monoisotopic (exact) mass is 850 g/mol. The number of aromatic nitrogens is 1. The zero-order chi connectivity index (χ0) is 42.6. The van der Waals surface area contributed by atoms with Crippen LogP contribution in [-0.4, -0.2) is 77.6 Å². The number of nitrogens with one attached hydrogen (secondary N) is 2. The van der Waals surface area contributed by atoms with E-state index in [1.165, 1.54) is 29.2 Å². The van der Waals surface area contributed by atoms with Crippen LogP contribution in [0.3, 0.4) is 0 Å². The Bertz CT molecular complexity index is 2520. The van der Waals surface area contributed by atoms with Crippen molar-refractivity contribution in [2.45, 2.75) is 107 Å². The Morgan fingerprint density at radius 2 is 1.78 bits per heavy atom. The number of carbonyl (C=O) groups is 4. The number of pyridine rings is 1. The van der Waals surface area contributed by atoms with Crippen LogP contribution in [-0.2, 0) is 24.4 Å². The summed E-state index contributed by atoms with van der Waals surface area (Å²) >= 11 is 0. The molecule has 17 heteroatoms. The molecule has 1 saturated heterocycles. The summed E-state index contributed by atoms with van der Waals surface area (Å²) in [4.78, 5) is 62.7. The molecule has 3 amide bonds. The van der Waals surface area contributed by atoms with Gasteiger partial charge in [-0.1, -0.05) is 43.2 Å². The first-order chi connectivity index (χ1) is 28.4. The van der Waals surface area contributed by atoms with E-state index in [4.69, 9.17) is 9.15 Å². The molecule has 0 unspecified atom stereocenters. The molecule has 0 radical (unpaired) electrons. The molecule has 3 fully saturated rings. The summed E-state index contributed by atoms with van der Waals surface area (Å²) in [5, 5.41) is 4.17. The Labute approximate surface area is 344 Å². The molecule has 0 spiro atoms. The van der Waals surface area contributed by atoms with E-state index in [1.54, 1.807) is 44.2 Å². The molecule has 5 atom stereocenters. The number of Topliss-reactive ketones (excluding diaryl/α,β-unsaturated/α-hetero) is 1. The number of para-hydroxylation sites is 1. The van der Waals surface area contributed by atoms with Crippen LogP contribution < -0.4 is 19.5 Å². The van der Waals surface area contributed by atoms with Gasteiger partial charge in [-0.15, -0.1) is 13.2 Å². The van der Waals surface area contributed by atoms with Crippen molar-refractivity contribution in [2.75, 3.05) is 6.54 Å². The number of allylic oxidation sites excluding steroid dienone is 2. The van der Waals surface area contributed by atoms with Gasteiger partial charge in [0.2, 0.25) is 27.7 Å². The first-order valence-corrected chi connectivity index (χ1v) is 21.6. The predicted molar refractivity (Wildman–Crippen MR) is 212 cm³/mol. The largest absolute Gasteiger partial charge is 0.573 e. The lowest BCUT2D eigenvalue weighted by Gasteiger charge is -2.29. The van der Waals surface area contributed by atoms with Gasteiger partial charge in [0.15, 0.2) is 11.5 Å². The number of rotatable bonds is 8. The number of hydrogen-bond acceptors (Lipinski definition) is 10. The smallest absolute Gasteiger partial charge is 0.472 e. The van der Waals surface area contributed by atoms with E-state index in [2.05, 4.69) is 19.8 Å². The molecule has 8 rings (SSSR count). The van der Waals surface area contributed by atoms with Crippen LogP contribution in [0.2, 0.25) is 0 Å². The summed E-state index contributed by atoms with van der Waals surface area (Å²) in [6, 6.07) is 11.7. The van der Waals surface area contributed by atoms with Crippen molar-refractivity contribution in [2.24, 2.45) is 11.3 Å². The first kappa shape index (κ1) is 41.3. The summed E-state index contributed by atoms with van der Waals surface area (Å²) in [5.74, 6) is -2.94. The molecule has 13 nitrogen and oxygen atoms in total. The van der Waals surface area contributed by atoms with Gasteiger partial charge in [0, 0.05) is 23.6 Å². The maximum Gasteiger partial charge on any atom is 0.573 e. The summed E-state index contributed by atoms with van der Waals surface area (Å²) in [6.45, 7) is 3.07. The number of nitrogens with zero attached hydrogens (tertiary/aromatic N) is 2. The number of sulfonamides is 1. The van der Waals surface area contributed by atoms with E-state index >= 15 is 0 Å². The highest BCUT2D eigenvalue weighted by Crippen LogP contribution is 2.57. The topological polar surface area (TPSA) is 174 Å². The number of halogens is 3. The maximum absolute atomic E-state index is 14.7. The minimum atomic E-state index is -4.97. The first-order valence-electron chi connectivity index (χ1n) is 20.1. The molecule has 2 aliphatic heterocycles.